The van der Waals surface area contributed by atoms with E-state index in [1.54, 1.807) is 52.8 Å². The molecule has 0 aromatic rings. The van der Waals surface area contributed by atoms with Crippen molar-refractivity contribution in [2.24, 2.45) is 0 Å². The van der Waals surface area contributed by atoms with Gasteiger partial charge in [0.25, 0.3) is 0 Å². The standard InChI is InChI=1S/C21H34O9/c1-7-13(3)18(25)28-17-14(12-22)27-19(16(24)15(17)23)29-21(6,8-2)11-9-10-20(4,5)30-26/h7-10,14-17,19,22-24,26H,2,11-12H2,1,3-6H3/b10-9+,13-7-/t14-,15-,16-,17-,19+,21-/m1/s1. The summed E-state index contributed by atoms with van der Waals surface area (Å²) in [5.74, 6) is -0.690. The van der Waals surface area contributed by atoms with Crippen LogP contribution in [0.25, 0.3) is 0 Å². The minimum Gasteiger partial charge on any atom is -0.453 e. The Bertz CT molecular complexity index is 640. The molecule has 9 heteroatoms. The Morgan fingerprint density at radius 2 is 1.87 bits per heavy atom. The van der Waals surface area contributed by atoms with Gasteiger partial charge in [-0.15, -0.1) is 6.58 Å². The normalized spacial score (nSPS) is 30.2. The van der Waals surface area contributed by atoms with Crippen LogP contribution in [0.1, 0.15) is 41.0 Å². The number of hydrogen-bond acceptors (Lipinski definition) is 9. The van der Waals surface area contributed by atoms with Crippen LogP contribution in [0.4, 0.5) is 0 Å². The first kappa shape index (κ1) is 26.4. The number of carbonyl (C=O) groups is 1. The van der Waals surface area contributed by atoms with Crippen molar-refractivity contribution in [3.63, 3.8) is 0 Å². The first-order valence-electron chi connectivity index (χ1n) is 9.71. The molecule has 0 radical (unpaired) electrons. The minimum absolute atomic E-state index is 0.286. The molecule has 0 unspecified atom stereocenters. The van der Waals surface area contributed by atoms with E-state index in [1.807, 2.05) is 0 Å². The Labute approximate surface area is 177 Å². The van der Waals surface area contributed by atoms with E-state index in [0.29, 0.717) is 5.57 Å². The molecule has 6 atom stereocenters. The van der Waals surface area contributed by atoms with Crippen molar-refractivity contribution in [2.75, 3.05) is 6.61 Å². The second-order valence-electron chi connectivity index (χ2n) is 7.98. The van der Waals surface area contributed by atoms with E-state index in [4.69, 9.17) is 19.5 Å². The minimum atomic E-state index is -1.54. The van der Waals surface area contributed by atoms with Gasteiger partial charge in [-0.3, -0.25) is 5.26 Å². The van der Waals surface area contributed by atoms with Crippen molar-refractivity contribution in [3.8, 4) is 0 Å². The third-order valence-electron chi connectivity index (χ3n) is 4.91. The van der Waals surface area contributed by atoms with Crippen LogP contribution < -0.4 is 0 Å². The maximum atomic E-state index is 12.0. The quantitative estimate of drug-likeness (QED) is 0.134. The summed E-state index contributed by atoms with van der Waals surface area (Å²) in [5.41, 5.74) is -1.60. The van der Waals surface area contributed by atoms with Crippen LogP contribution in [-0.4, -0.2) is 75.1 Å². The number of ether oxygens (including phenoxy) is 3. The fourth-order valence-electron chi connectivity index (χ4n) is 2.68. The van der Waals surface area contributed by atoms with Crippen LogP contribution >= 0.6 is 0 Å². The van der Waals surface area contributed by atoms with Crippen molar-refractivity contribution in [1.82, 2.24) is 0 Å². The first-order valence-corrected chi connectivity index (χ1v) is 9.71. The van der Waals surface area contributed by atoms with Gasteiger partial charge in [0.1, 0.15) is 23.9 Å². The largest absolute Gasteiger partial charge is 0.453 e. The number of allylic oxidation sites excluding steroid dienone is 1. The van der Waals surface area contributed by atoms with Gasteiger partial charge in [0, 0.05) is 5.57 Å². The van der Waals surface area contributed by atoms with E-state index in [2.05, 4.69) is 11.5 Å². The van der Waals surface area contributed by atoms with Crippen molar-refractivity contribution in [2.45, 2.75) is 82.9 Å². The summed E-state index contributed by atoms with van der Waals surface area (Å²) in [4.78, 5) is 16.4. The lowest BCUT2D eigenvalue weighted by atomic mass is 9.97. The summed E-state index contributed by atoms with van der Waals surface area (Å²) in [6.07, 6.45) is -0.111. The van der Waals surface area contributed by atoms with E-state index in [9.17, 15) is 20.1 Å². The van der Waals surface area contributed by atoms with Crippen molar-refractivity contribution >= 4 is 5.97 Å². The summed E-state index contributed by atoms with van der Waals surface area (Å²) in [7, 11) is 0. The van der Waals surface area contributed by atoms with Gasteiger partial charge in [-0.05, 0) is 41.0 Å². The van der Waals surface area contributed by atoms with E-state index in [0.717, 1.165) is 0 Å². The van der Waals surface area contributed by atoms with Crippen molar-refractivity contribution < 1.29 is 44.5 Å². The average Bonchev–Trinajstić information content (AvgIpc) is 2.72. The topological polar surface area (TPSA) is 135 Å². The maximum absolute atomic E-state index is 12.0. The number of rotatable bonds is 10. The van der Waals surface area contributed by atoms with Gasteiger partial charge in [0.15, 0.2) is 12.4 Å². The SMILES string of the molecule is C=C[C@](C)(C/C=C/C(C)(C)OO)O[C@@H]1O[C@H](CO)[C@@H](OC(=O)/C(C)=C\C)[C@H](O)[C@H]1O. The van der Waals surface area contributed by atoms with Crippen LogP contribution in [0.2, 0.25) is 0 Å². The molecule has 0 saturated carbocycles. The van der Waals surface area contributed by atoms with Gasteiger partial charge < -0.3 is 29.5 Å². The highest BCUT2D eigenvalue weighted by Gasteiger charge is 2.48. The van der Waals surface area contributed by atoms with Gasteiger partial charge in [0.2, 0.25) is 0 Å². The van der Waals surface area contributed by atoms with Crippen molar-refractivity contribution in [3.05, 3.63) is 36.5 Å². The predicted molar refractivity (Wildman–Crippen MR) is 108 cm³/mol. The number of hydrogen-bond donors (Lipinski definition) is 4. The third kappa shape index (κ3) is 6.98. The van der Waals surface area contributed by atoms with Crippen molar-refractivity contribution in [1.29, 1.82) is 0 Å². The molecule has 0 spiro atoms. The van der Waals surface area contributed by atoms with Gasteiger partial charge in [0.05, 0.1) is 12.2 Å². The molecule has 0 aromatic heterocycles. The van der Waals surface area contributed by atoms with E-state index < -0.39 is 54.5 Å². The third-order valence-corrected chi connectivity index (χ3v) is 4.91. The summed E-state index contributed by atoms with van der Waals surface area (Å²) >= 11 is 0. The number of carbonyl (C=O) groups excluding carboxylic acids is 1. The monoisotopic (exact) mass is 430 g/mol. The van der Waals surface area contributed by atoms with Gasteiger partial charge >= 0.3 is 5.97 Å². The average molecular weight is 430 g/mol. The molecule has 1 heterocycles. The molecule has 30 heavy (non-hydrogen) atoms. The van der Waals surface area contributed by atoms with Gasteiger partial charge in [-0.2, -0.15) is 0 Å². The van der Waals surface area contributed by atoms with Crippen LogP contribution in [-0.2, 0) is 23.9 Å². The number of esters is 1. The number of aliphatic hydroxyl groups excluding tert-OH is 3. The Hall–Kier alpha value is -1.59. The summed E-state index contributed by atoms with van der Waals surface area (Å²) < 4.78 is 16.7. The Morgan fingerprint density at radius 1 is 1.23 bits per heavy atom. The molecule has 1 aliphatic rings. The second-order valence-corrected chi connectivity index (χ2v) is 7.98. The maximum Gasteiger partial charge on any atom is 0.333 e. The molecule has 9 nitrogen and oxygen atoms in total. The molecule has 1 saturated heterocycles. The molecule has 172 valence electrons. The first-order chi connectivity index (χ1) is 13.9. The van der Waals surface area contributed by atoms with Crippen LogP contribution in [0.15, 0.2) is 36.5 Å². The molecule has 1 fully saturated rings. The van der Waals surface area contributed by atoms with E-state index >= 15 is 0 Å². The predicted octanol–water partition coefficient (Wildman–Crippen LogP) is 1.48. The van der Waals surface area contributed by atoms with Crippen LogP contribution in [0, 0.1) is 0 Å². The molecular weight excluding hydrogens is 396 g/mol. The smallest absolute Gasteiger partial charge is 0.333 e. The molecule has 1 aliphatic heterocycles. The fraction of sp³-hybridized carbons (Fsp3) is 0.667. The lowest BCUT2D eigenvalue weighted by Gasteiger charge is -2.43. The molecule has 0 amide bonds. The van der Waals surface area contributed by atoms with Gasteiger partial charge in [-0.1, -0.05) is 24.3 Å². The molecule has 0 aromatic carbocycles. The molecule has 0 aliphatic carbocycles. The zero-order chi connectivity index (χ0) is 23.1. The molecular formula is C21H34O9. The van der Waals surface area contributed by atoms with Crippen LogP contribution in [0.3, 0.4) is 0 Å². The zero-order valence-electron chi connectivity index (χ0n) is 18.1. The fourth-order valence-corrected chi connectivity index (χ4v) is 2.68. The lowest BCUT2D eigenvalue weighted by molar-refractivity contribution is -0.320. The highest BCUT2D eigenvalue weighted by Crippen LogP contribution is 2.30. The van der Waals surface area contributed by atoms with E-state index in [-0.39, 0.29) is 6.42 Å². The second kappa shape index (κ2) is 11.1. The van der Waals surface area contributed by atoms with E-state index in [1.165, 1.54) is 6.08 Å². The zero-order valence-corrected chi connectivity index (χ0v) is 18.1. The highest BCUT2D eigenvalue weighted by atomic mass is 17.1. The summed E-state index contributed by atoms with van der Waals surface area (Å²) in [6, 6.07) is 0. The Kier molecular flexibility index (Phi) is 9.83. The Morgan fingerprint density at radius 3 is 2.37 bits per heavy atom. The molecule has 1 rings (SSSR count). The summed E-state index contributed by atoms with van der Waals surface area (Å²) in [6.45, 7) is 11.4. The molecule has 0 bridgehead atoms. The summed E-state index contributed by atoms with van der Waals surface area (Å²) in [5, 5.41) is 39.5. The van der Waals surface area contributed by atoms with Gasteiger partial charge in [-0.25, -0.2) is 9.68 Å². The highest BCUT2D eigenvalue weighted by molar-refractivity contribution is 5.87. The number of aliphatic hydroxyl groups is 3. The molecule has 4 N–H and O–H groups in total. The Balaban J connectivity index is 2.93. The lowest BCUT2D eigenvalue weighted by Crippen LogP contribution is -2.61. The van der Waals surface area contributed by atoms with Crippen LogP contribution in [0.5, 0.6) is 0 Å².